The van der Waals surface area contributed by atoms with Crippen LogP contribution in [0.4, 0.5) is 0 Å². The second-order valence-electron chi connectivity index (χ2n) is 6.97. The van der Waals surface area contributed by atoms with Crippen LogP contribution in [0.5, 0.6) is 0 Å². The molecule has 1 aromatic carbocycles. The summed E-state index contributed by atoms with van der Waals surface area (Å²) in [5.41, 5.74) is 1.91. The quantitative estimate of drug-likeness (QED) is 0.721. The highest BCUT2D eigenvalue weighted by molar-refractivity contribution is 5.79. The van der Waals surface area contributed by atoms with Gasteiger partial charge in [-0.25, -0.2) is 0 Å². The van der Waals surface area contributed by atoms with Crippen LogP contribution in [-0.4, -0.2) is 55.9 Å². The number of nitrogens with zero attached hydrogens (tertiary/aromatic N) is 6. The van der Waals surface area contributed by atoms with Gasteiger partial charge in [0.1, 0.15) is 17.3 Å². The Morgan fingerprint density at radius 1 is 0.920 bits per heavy atom. The molecule has 0 unspecified atom stereocenters. The Morgan fingerprint density at radius 3 is 2.60 bits per heavy atom. The minimum atomic E-state index is 0.852. The summed E-state index contributed by atoms with van der Waals surface area (Å²) in [4.78, 5) is 4.93. The average molecular weight is 338 g/mol. The first-order valence-electron chi connectivity index (χ1n) is 9.06. The molecule has 7 heteroatoms. The minimum Gasteiger partial charge on any atom is -0.356 e. The molecule has 25 heavy (non-hydrogen) atoms. The first-order chi connectivity index (χ1) is 12.4. The zero-order valence-electron chi connectivity index (χ0n) is 14.3. The second kappa shape index (κ2) is 6.24. The molecule has 0 aliphatic carbocycles. The Labute approximate surface area is 146 Å². The van der Waals surface area contributed by atoms with Crippen LogP contribution >= 0.6 is 0 Å². The number of fused-ring (bicyclic) bond motifs is 2. The Kier molecular flexibility index (Phi) is 3.75. The van der Waals surface area contributed by atoms with E-state index in [1.165, 1.54) is 6.42 Å². The summed E-state index contributed by atoms with van der Waals surface area (Å²) in [7, 11) is 0. The van der Waals surface area contributed by atoms with Gasteiger partial charge in [-0.15, -0.1) is 10.2 Å². The van der Waals surface area contributed by atoms with E-state index in [0.717, 1.165) is 80.5 Å². The Morgan fingerprint density at radius 2 is 1.72 bits per heavy atom. The van der Waals surface area contributed by atoms with Gasteiger partial charge in [0.2, 0.25) is 0 Å². The van der Waals surface area contributed by atoms with Gasteiger partial charge in [-0.05, 0) is 18.6 Å². The number of aromatic nitrogens is 4. The first-order valence-corrected chi connectivity index (χ1v) is 9.06. The van der Waals surface area contributed by atoms with Crippen molar-refractivity contribution in [3.8, 4) is 0 Å². The van der Waals surface area contributed by atoms with Gasteiger partial charge in [0.25, 0.3) is 0 Å². The minimum absolute atomic E-state index is 0.852. The molecule has 0 spiro atoms. The van der Waals surface area contributed by atoms with E-state index in [1.54, 1.807) is 0 Å². The molecule has 0 amide bonds. The second-order valence-corrected chi connectivity index (χ2v) is 6.97. The predicted molar refractivity (Wildman–Crippen MR) is 92.9 cm³/mol. The van der Waals surface area contributed by atoms with Gasteiger partial charge in [-0.1, -0.05) is 17.3 Å². The van der Waals surface area contributed by atoms with Crippen molar-refractivity contribution in [3.05, 3.63) is 41.6 Å². The summed E-state index contributed by atoms with van der Waals surface area (Å²) >= 11 is 0. The van der Waals surface area contributed by atoms with Gasteiger partial charge in [0.05, 0.1) is 6.54 Å². The third kappa shape index (κ3) is 2.83. The Balaban J connectivity index is 1.20. The van der Waals surface area contributed by atoms with E-state index in [4.69, 9.17) is 4.52 Å². The zero-order chi connectivity index (χ0) is 16.6. The SMILES string of the molecule is c1ccc2c(CN3CCN(Cc4nnc5n4CCC5)CC3)noc2c1. The van der Waals surface area contributed by atoms with Gasteiger partial charge in [0, 0.05) is 51.1 Å². The smallest absolute Gasteiger partial charge is 0.167 e. The fourth-order valence-corrected chi connectivity index (χ4v) is 3.90. The highest BCUT2D eigenvalue weighted by Gasteiger charge is 2.23. The lowest BCUT2D eigenvalue weighted by Gasteiger charge is -2.33. The summed E-state index contributed by atoms with van der Waals surface area (Å²) in [5, 5.41) is 14.1. The van der Waals surface area contributed by atoms with Crippen LogP contribution in [-0.2, 0) is 26.1 Å². The number of hydrogen-bond acceptors (Lipinski definition) is 6. The summed E-state index contributed by atoms with van der Waals surface area (Å²) in [5.74, 6) is 2.29. The molecule has 5 rings (SSSR count). The number of rotatable bonds is 4. The van der Waals surface area contributed by atoms with Gasteiger partial charge in [-0.3, -0.25) is 9.80 Å². The molecule has 2 aliphatic rings. The third-order valence-corrected chi connectivity index (χ3v) is 5.34. The van der Waals surface area contributed by atoms with Crippen LogP contribution in [0, 0.1) is 0 Å². The van der Waals surface area contributed by atoms with Gasteiger partial charge in [-0.2, -0.15) is 0 Å². The predicted octanol–water partition coefficient (Wildman–Crippen LogP) is 1.68. The largest absolute Gasteiger partial charge is 0.356 e. The van der Waals surface area contributed by atoms with Crippen LogP contribution in [0.25, 0.3) is 11.0 Å². The monoisotopic (exact) mass is 338 g/mol. The standard InChI is InChI=1S/C18H22N6O/c1-2-5-16-14(4-1)15(21-25-16)12-22-8-10-23(11-9-22)13-18-20-19-17-6-3-7-24(17)18/h1-2,4-5H,3,6-13H2. The fraction of sp³-hybridized carbons (Fsp3) is 0.500. The molecule has 0 bridgehead atoms. The molecule has 2 aliphatic heterocycles. The first kappa shape index (κ1) is 15.0. The molecule has 3 aromatic rings. The topological polar surface area (TPSA) is 63.2 Å². The summed E-state index contributed by atoms with van der Waals surface area (Å²) in [6.45, 7) is 7.04. The van der Waals surface area contributed by atoms with Gasteiger partial charge in [0.15, 0.2) is 5.58 Å². The fourth-order valence-electron chi connectivity index (χ4n) is 3.90. The Hall–Kier alpha value is -2.25. The van der Waals surface area contributed by atoms with Crippen molar-refractivity contribution in [2.75, 3.05) is 26.2 Å². The van der Waals surface area contributed by atoms with E-state index in [1.807, 2.05) is 18.2 Å². The van der Waals surface area contributed by atoms with Crippen LogP contribution in [0.1, 0.15) is 23.8 Å². The lowest BCUT2D eigenvalue weighted by molar-refractivity contribution is 0.117. The molecule has 4 heterocycles. The van der Waals surface area contributed by atoms with Crippen molar-refractivity contribution in [3.63, 3.8) is 0 Å². The highest BCUT2D eigenvalue weighted by Crippen LogP contribution is 2.20. The van der Waals surface area contributed by atoms with Crippen LogP contribution in [0.3, 0.4) is 0 Å². The summed E-state index contributed by atoms with van der Waals surface area (Å²) in [6.07, 6.45) is 2.28. The number of benzene rings is 1. The third-order valence-electron chi connectivity index (χ3n) is 5.34. The number of piperazine rings is 1. The van der Waals surface area contributed by atoms with Gasteiger partial charge < -0.3 is 9.09 Å². The van der Waals surface area contributed by atoms with E-state index in [2.05, 4.69) is 35.8 Å². The highest BCUT2D eigenvalue weighted by atomic mass is 16.5. The molecular formula is C18H22N6O. The van der Waals surface area contributed by atoms with Crippen LogP contribution in [0.15, 0.2) is 28.8 Å². The van der Waals surface area contributed by atoms with E-state index >= 15 is 0 Å². The molecule has 1 saturated heterocycles. The van der Waals surface area contributed by atoms with Crippen LogP contribution < -0.4 is 0 Å². The molecule has 1 fully saturated rings. The molecule has 130 valence electrons. The number of para-hydroxylation sites is 1. The lowest BCUT2D eigenvalue weighted by atomic mass is 10.2. The van der Waals surface area contributed by atoms with Crippen molar-refractivity contribution in [1.29, 1.82) is 0 Å². The molecular weight excluding hydrogens is 316 g/mol. The summed E-state index contributed by atoms with van der Waals surface area (Å²) < 4.78 is 7.72. The van der Waals surface area contributed by atoms with Crippen molar-refractivity contribution in [2.24, 2.45) is 0 Å². The maximum absolute atomic E-state index is 5.42. The van der Waals surface area contributed by atoms with Crippen molar-refractivity contribution in [1.82, 2.24) is 29.7 Å². The van der Waals surface area contributed by atoms with E-state index < -0.39 is 0 Å². The molecule has 2 aromatic heterocycles. The van der Waals surface area contributed by atoms with E-state index in [9.17, 15) is 0 Å². The summed E-state index contributed by atoms with van der Waals surface area (Å²) in [6, 6.07) is 8.08. The lowest BCUT2D eigenvalue weighted by Crippen LogP contribution is -2.45. The average Bonchev–Trinajstić information content (AvgIpc) is 3.35. The molecule has 0 radical (unpaired) electrons. The van der Waals surface area contributed by atoms with Crippen molar-refractivity contribution >= 4 is 11.0 Å². The molecule has 0 atom stereocenters. The molecule has 7 nitrogen and oxygen atoms in total. The molecule has 0 N–H and O–H groups in total. The van der Waals surface area contributed by atoms with Crippen molar-refractivity contribution < 1.29 is 4.52 Å². The van der Waals surface area contributed by atoms with E-state index in [-0.39, 0.29) is 0 Å². The molecule has 0 saturated carbocycles. The van der Waals surface area contributed by atoms with Gasteiger partial charge >= 0.3 is 0 Å². The van der Waals surface area contributed by atoms with E-state index in [0.29, 0.717) is 0 Å². The van der Waals surface area contributed by atoms with Crippen molar-refractivity contribution in [2.45, 2.75) is 32.5 Å². The maximum Gasteiger partial charge on any atom is 0.167 e. The number of aryl methyl sites for hydroxylation is 1. The Bertz CT molecular complexity index is 877. The maximum atomic E-state index is 5.42. The van der Waals surface area contributed by atoms with Crippen LogP contribution in [0.2, 0.25) is 0 Å². The normalized spacial score (nSPS) is 18.9. The zero-order valence-corrected chi connectivity index (χ0v) is 14.3. The number of hydrogen-bond donors (Lipinski definition) is 0.